The van der Waals surface area contributed by atoms with Gasteiger partial charge in [0.25, 0.3) is 10.2 Å². The molecule has 1 saturated heterocycles. The molecule has 1 aromatic carbocycles. The summed E-state index contributed by atoms with van der Waals surface area (Å²) in [6.07, 6.45) is 1.87. The number of hydrogen-bond acceptors (Lipinski definition) is 3. The lowest BCUT2D eigenvalue weighted by Crippen LogP contribution is -2.40. The summed E-state index contributed by atoms with van der Waals surface area (Å²) >= 11 is 0. The molecule has 1 aromatic rings. The standard InChI is InChI=1S/C14H22N2O3S/c1-11-6-7-14(19-3)13(10-11)12(2)15-20(17,18)16-8-4-5-9-16/h6-7,10,12,15H,4-5,8-9H2,1-3H3. The molecule has 1 unspecified atom stereocenters. The van der Waals surface area contributed by atoms with Crippen molar-refractivity contribution in [3.63, 3.8) is 0 Å². The van der Waals surface area contributed by atoms with Crippen molar-refractivity contribution in [2.24, 2.45) is 0 Å². The van der Waals surface area contributed by atoms with Gasteiger partial charge in [0.1, 0.15) is 5.75 Å². The van der Waals surface area contributed by atoms with Crippen LogP contribution in [-0.4, -0.2) is 32.9 Å². The van der Waals surface area contributed by atoms with Gasteiger partial charge in [-0.1, -0.05) is 17.7 Å². The summed E-state index contributed by atoms with van der Waals surface area (Å²) in [5.74, 6) is 0.701. The van der Waals surface area contributed by atoms with E-state index in [0.29, 0.717) is 18.8 Å². The van der Waals surface area contributed by atoms with Crippen LogP contribution in [0.4, 0.5) is 0 Å². The van der Waals surface area contributed by atoms with Gasteiger partial charge in [-0.15, -0.1) is 0 Å². The predicted octanol–water partition coefficient (Wildman–Crippen LogP) is 1.99. The van der Waals surface area contributed by atoms with Crippen molar-refractivity contribution in [3.05, 3.63) is 29.3 Å². The van der Waals surface area contributed by atoms with Crippen molar-refractivity contribution in [1.82, 2.24) is 9.03 Å². The van der Waals surface area contributed by atoms with Crippen LogP contribution in [-0.2, 0) is 10.2 Å². The minimum atomic E-state index is -3.42. The topological polar surface area (TPSA) is 58.6 Å². The molecule has 6 heteroatoms. The van der Waals surface area contributed by atoms with Gasteiger partial charge in [-0.3, -0.25) is 0 Å². The Morgan fingerprint density at radius 2 is 1.95 bits per heavy atom. The van der Waals surface area contributed by atoms with Gasteiger partial charge < -0.3 is 4.74 Å². The summed E-state index contributed by atoms with van der Waals surface area (Å²) in [5.41, 5.74) is 1.93. The molecule has 0 bridgehead atoms. The Balaban J connectivity index is 2.19. The summed E-state index contributed by atoms with van der Waals surface area (Å²) in [5, 5.41) is 0. The van der Waals surface area contributed by atoms with Gasteiger partial charge >= 0.3 is 0 Å². The molecule has 0 amide bonds. The fourth-order valence-electron chi connectivity index (χ4n) is 2.48. The molecule has 0 spiro atoms. The van der Waals surface area contributed by atoms with Crippen LogP contribution in [0.2, 0.25) is 0 Å². The fraction of sp³-hybridized carbons (Fsp3) is 0.571. The molecule has 0 aliphatic carbocycles. The Labute approximate surface area is 121 Å². The Morgan fingerprint density at radius 1 is 1.30 bits per heavy atom. The van der Waals surface area contributed by atoms with Gasteiger partial charge in [-0.05, 0) is 32.8 Å². The van der Waals surface area contributed by atoms with Crippen LogP contribution in [0.3, 0.4) is 0 Å². The van der Waals surface area contributed by atoms with E-state index in [4.69, 9.17) is 4.74 Å². The van der Waals surface area contributed by atoms with Crippen molar-refractivity contribution < 1.29 is 13.2 Å². The largest absolute Gasteiger partial charge is 0.496 e. The van der Waals surface area contributed by atoms with Crippen LogP contribution in [0, 0.1) is 6.92 Å². The lowest BCUT2D eigenvalue weighted by molar-refractivity contribution is 0.403. The molecule has 20 heavy (non-hydrogen) atoms. The van der Waals surface area contributed by atoms with Crippen LogP contribution < -0.4 is 9.46 Å². The number of methoxy groups -OCH3 is 1. The molecule has 1 aliphatic heterocycles. The average molecular weight is 298 g/mol. The number of hydrogen-bond donors (Lipinski definition) is 1. The maximum atomic E-state index is 12.3. The third-order valence-electron chi connectivity index (χ3n) is 3.58. The van der Waals surface area contributed by atoms with Gasteiger partial charge in [-0.2, -0.15) is 17.4 Å². The summed E-state index contributed by atoms with van der Waals surface area (Å²) in [6.45, 7) is 5.02. The second-order valence-corrected chi connectivity index (χ2v) is 6.90. The Hall–Kier alpha value is -1.11. The fourth-order valence-corrected chi connectivity index (χ4v) is 3.94. The molecule has 5 nitrogen and oxygen atoms in total. The molecule has 0 saturated carbocycles. The first-order valence-electron chi connectivity index (χ1n) is 6.86. The number of benzene rings is 1. The molecule has 1 atom stereocenters. The third-order valence-corrected chi connectivity index (χ3v) is 5.28. The minimum absolute atomic E-state index is 0.324. The van der Waals surface area contributed by atoms with Crippen molar-refractivity contribution in [1.29, 1.82) is 0 Å². The number of aryl methyl sites for hydroxylation is 1. The van der Waals surface area contributed by atoms with Crippen LogP contribution in [0.5, 0.6) is 5.75 Å². The maximum absolute atomic E-state index is 12.3. The SMILES string of the molecule is COc1ccc(C)cc1C(C)NS(=O)(=O)N1CCCC1. The van der Waals surface area contributed by atoms with Crippen molar-refractivity contribution in [2.75, 3.05) is 20.2 Å². The van der Waals surface area contributed by atoms with Crippen molar-refractivity contribution in [3.8, 4) is 5.75 Å². The summed E-state index contributed by atoms with van der Waals surface area (Å²) < 4.78 is 34.1. The van der Waals surface area contributed by atoms with E-state index in [1.807, 2.05) is 32.0 Å². The third kappa shape index (κ3) is 3.31. The monoisotopic (exact) mass is 298 g/mol. The molecule has 1 fully saturated rings. The predicted molar refractivity (Wildman–Crippen MR) is 79.0 cm³/mol. The van der Waals surface area contributed by atoms with E-state index < -0.39 is 10.2 Å². The Kier molecular flexibility index (Phi) is 4.67. The molecule has 2 rings (SSSR count). The zero-order valence-electron chi connectivity index (χ0n) is 12.2. The lowest BCUT2D eigenvalue weighted by Gasteiger charge is -2.22. The maximum Gasteiger partial charge on any atom is 0.279 e. The zero-order chi connectivity index (χ0) is 14.8. The summed E-state index contributed by atoms with van der Waals surface area (Å²) in [7, 11) is -1.82. The molecule has 0 aromatic heterocycles. The molecule has 1 N–H and O–H groups in total. The Bertz CT molecular complexity index is 566. The first-order valence-corrected chi connectivity index (χ1v) is 8.30. The number of nitrogens with zero attached hydrogens (tertiary/aromatic N) is 1. The quantitative estimate of drug-likeness (QED) is 0.904. The van der Waals surface area contributed by atoms with Gasteiger partial charge in [0.2, 0.25) is 0 Å². The second kappa shape index (κ2) is 6.11. The highest BCUT2D eigenvalue weighted by Gasteiger charge is 2.27. The highest BCUT2D eigenvalue weighted by atomic mass is 32.2. The number of ether oxygens (including phenoxy) is 1. The van der Waals surface area contributed by atoms with Crippen molar-refractivity contribution in [2.45, 2.75) is 32.7 Å². The number of rotatable bonds is 5. The zero-order valence-corrected chi connectivity index (χ0v) is 13.0. The van der Waals surface area contributed by atoms with E-state index in [9.17, 15) is 8.42 Å². The van der Waals surface area contributed by atoms with Gasteiger partial charge in [0.05, 0.1) is 7.11 Å². The first kappa shape index (κ1) is 15.3. The molecular weight excluding hydrogens is 276 g/mol. The highest BCUT2D eigenvalue weighted by molar-refractivity contribution is 7.87. The van der Waals surface area contributed by atoms with Gasteiger partial charge in [0.15, 0.2) is 0 Å². The summed E-state index contributed by atoms with van der Waals surface area (Å²) in [4.78, 5) is 0. The molecular formula is C14H22N2O3S. The van der Waals surface area contributed by atoms with Crippen LogP contribution >= 0.6 is 0 Å². The van der Waals surface area contributed by atoms with E-state index in [-0.39, 0.29) is 6.04 Å². The smallest absolute Gasteiger partial charge is 0.279 e. The van der Waals surface area contributed by atoms with Gasteiger partial charge in [-0.25, -0.2) is 0 Å². The van der Waals surface area contributed by atoms with Crippen LogP contribution in [0.25, 0.3) is 0 Å². The lowest BCUT2D eigenvalue weighted by atomic mass is 10.1. The number of nitrogens with one attached hydrogen (secondary N) is 1. The van der Waals surface area contributed by atoms with E-state index in [1.54, 1.807) is 7.11 Å². The average Bonchev–Trinajstić information content (AvgIpc) is 2.92. The van der Waals surface area contributed by atoms with Crippen LogP contribution in [0.1, 0.15) is 36.9 Å². The second-order valence-electron chi connectivity index (χ2n) is 5.20. The van der Waals surface area contributed by atoms with E-state index in [2.05, 4.69) is 4.72 Å². The first-order chi connectivity index (χ1) is 9.44. The molecule has 1 aliphatic rings. The highest BCUT2D eigenvalue weighted by Crippen LogP contribution is 2.27. The van der Waals surface area contributed by atoms with E-state index in [0.717, 1.165) is 24.0 Å². The molecule has 112 valence electrons. The normalized spacial score (nSPS) is 18.1. The van der Waals surface area contributed by atoms with E-state index in [1.165, 1.54) is 4.31 Å². The van der Waals surface area contributed by atoms with Gasteiger partial charge in [0, 0.05) is 24.7 Å². The Morgan fingerprint density at radius 3 is 2.55 bits per heavy atom. The summed E-state index contributed by atoms with van der Waals surface area (Å²) in [6, 6.07) is 5.45. The van der Waals surface area contributed by atoms with Crippen LogP contribution in [0.15, 0.2) is 18.2 Å². The van der Waals surface area contributed by atoms with E-state index >= 15 is 0 Å². The molecule has 1 heterocycles. The van der Waals surface area contributed by atoms with Crippen molar-refractivity contribution >= 4 is 10.2 Å². The molecule has 0 radical (unpaired) electrons. The minimum Gasteiger partial charge on any atom is -0.496 e.